The van der Waals surface area contributed by atoms with Gasteiger partial charge in [-0.1, -0.05) is 48.5 Å². The third-order valence-corrected chi connectivity index (χ3v) is 5.01. The zero-order valence-corrected chi connectivity index (χ0v) is 15.5. The third-order valence-electron chi connectivity index (χ3n) is 4.30. The second-order valence-electron chi connectivity index (χ2n) is 6.06. The number of aryl methyl sites for hydroxylation is 1. The smallest absolute Gasteiger partial charge is 0.266 e. The predicted octanol–water partition coefficient (Wildman–Crippen LogP) is 4.18. The molecule has 134 valence electrons. The SMILES string of the molecule is Cn1ncc2c(C(=O)NNSc3ccccc3)cc(-c3ccccc3)cc21. The van der Waals surface area contributed by atoms with Crippen molar-refractivity contribution in [2.45, 2.75) is 4.90 Å². The van der Waals surface area contributed by atoms with Crippen LogP contribution in [-0.4, -0.2) is 15.7 Å². The van der Waals surface area contributed by atoms with E-state index in [1.165, 1.54) is 11.9 Å². The monoisotopic (exact) mass is 374 g/mol. The van der Waals surface area contributed by atoms with E-state index in [9.17, 15) is 4.79 Å². The molecule has 6 heteroatoms. The number of carbonyl (C=O) groups excluding carboxylic acids is 1. The number of amides is 1. The van der Waals surface area contributed by atoms with Crippen LogP contribution in [0.5, 0.6) is 0 Å². The van der Waals surface area contributed by atoms with Gasteiger partial charge in [0.2, 0.25) is 0 Å². The topological polar surface area (TPSA) is 59.0 Å². The van der Waals surface area contributed by atoms with Crippen molar-refractivity contribution in [1.29, 1.82) is 0 Å². The maximum absolute atomic E-state index is 12.8. The summed E-state index contributed by atoms with van der Waals surface area (Å²) in [5, 5.41) is 5.13. The van der Waals surface area contributed by atoms with Gasteiger partial charge in [-0.15, -0.1) is 0 Å². The Hall–Kier alpha value is -3.09. The van der Waals surface area contributed by atoms with Crippen LogP contribution < -0.4 is 10.3 Å². The normalized spacial score (nSPS) is 10.9. The van der Waals surface area contributed by atoms with Gasteiger partial charge in [0.05, 0.1) is 17.3 Å². The number of hydrazine groups is 1. The van der Waals surface area contributed by atoms with Gasteiger partial charge in [0.1, 0.15) is 0 Å². The molecule has 1 aromatic heterocycles. The van der Waals surface area contributed by atoms with Crippen LogP contribution in [0.2, 0.25) is 0 Å². The molecule has 5 nitrogen and oxygen atoms in total. The standard InChI is InChI=1S/C21H18N4OS/c1-25-20-13-16(15-8-4-2-5-9-15)12-18(19(20)14-22-25)21(26)23-24-27-17-10-6-3-7-11-17/h2-14,24H,1H3,(H,23,26). The Morgan fingerprint density at radius 1 is 0.963 bits per heavy atom. The molecule has 0 radical (unpaired) electrons. The Morgan fingerprint density at radius 3 is 2.41 bits per heavy atom. The minimum atomic E-state index is -0.200. The highest BCUT2D eigenvalue weighted by molar-refractivity contribution is 7.97. The summed E-state index contributed by atoms with van der Waals surface area (Å²) < 4.78 is 1.78. The lowest BCUT2D eigenvalue weighted by atomic mass is 10.00. The van der Waals surface area contributed by atoms with Crippen molar-refractivity contribution >= 4 is 28.8 Å². The Labute approximate surface area is 161 Å². The number of aromatic nitrogens is 2. The Bertz CT molecular complexity index is 1080. The number of fused-ring (bicyclic) bond motifs is 1. The van der Waals surface area contributed by atoms with E-state index in [2.05, 4.69) is 21.4 Å². The summed E-state index contributed by atoms with van der Waals surface area (Å²) >= 11 is 1.35. The van der Waals surface area contributed by atoms with Crippen LogP contribution in [0.4, 0.5) is 0 Å². The van der Waals surface area contributed by atoms with Crippen molar-refractivity contribution in [3.05, 3.63) is 84.6 Å². The third kappa shape index (κ3) is 3.72. The van der Waals surface area contributed by atoms with Gasteiger partial charge >= 0.3 is 0 Å². The Balaban J connectivity index is 1.62. The van der Waals surface area contributed by atoms with E-state index in [1.54, 1.807) is 10.9 Å². The first-order valence-electron chi connectivity index (χ1n) is 8.51. The van der Waals surface area contributed by atoms with Gasteiger partial charge in [0.25, 0.3) is 5.91 Å². The summed E-state index contributed by atoms with van der Waals surface area (Å²) in [5.41, 5.74) is 6.30. The predicted molar refractivity (Wildman–Crippen MR) is 109 cm³/mol. The van der Waals surface area contributed by atoms with Crippen LogP contribution in [0.15, 0.2) is 83.9 Å². The molecule has 0 saturated carbocycles. The zero-order chi connectivity index (χ0) is 18.6. The maximum atomic E-state index is 12.8. The fraction of sp³-hybridized carbons (Fsp3) is 0.0476. The quantitative estimate of drug-likeness (QED) is 0.406. The molecule has 0 saturated heterocycles. The molecule has 1 amide bonds. The van der Waals surface area contributed by atoms with E-state index in [4.69, 9.17) is 0 Å². The highest BCUT2D eigenvalue weighted by Gasteiger charge is 2.15. The molecule has 2 N–H and O–H groups in total. The summed E-state index contributed by atoms with van der Waals surface area (Å²) in [6.45, 7) is 0. The molecule has 0 spiro atoms. The minimum absolute atomic E-state index is 0.200. The Morgan fingerprint density at radius 2 is 1.67 bits per heavy atom. The van der Waals surface area contributed by atoms with Crippen molar-refractivity contribution in [3.63, 3.8) is 0 Å². The molecule has 4 rings (SSSR count). The average molecular weight is 374 g/mol. The van der Waals surface area contributed by atoms with Crippen LogP contribution in [0.1, 0.15) is 10.4 Å². The van der Waals surface area contributed by atoms with Crippen LogP contribution in [0, 0.1) is 0 Å². The molecule has 3 aromatic carbocycles. The molecule has 0 bridgehead atoms. The van der Waals surface area contributed by atoms with Gasteiger partial charge in [-0.2, -0.15) is 9.93 Å². The molecular weight excluding hydrogens is 356 g/mol. The number of benzene rings is 3. The van der Waals surface area contributed by atoms with E-state index < -0.39 is 0 Å². The second kappa shape index (κ2) is 7.65. The first kappa shape index (κ1) is 17.3. The van der Waals surface area contributed by atoms with Gasteiger partial charge in [-0.05, 0) is 47.3 Å². The first-order valence-corrected chi connectivity index (χ1v) is 9.32. The summed E-state index contributed by atoms with van der Waals surface area (Å²) in [5.74, 6) is -0.200. The van der Waals surface area contributed by atoms with E-state index in [0.717, 1.165) is 26.9 Å². The highest BCUT2D eigenvalue weighted by Crippen LogP contribution is 2.27. The zero-order valence-electron chi connectivity index (χ0n) is 14.7. The lowest BCUT2D eigenvalue weighted by molar-refractivity contribution is 0.0949. The fourth-order valence-electron chi connectivity index (χ4n) is 2.92. The summed E-state index contributed by atoms with van der Waals surface area (Å²) in [7, 11) is 1.88. The maximum Gasteiger partial charge on any atom is 0.266 e. The lowest BCUT2D eigenvalue weighted by Crippen LogP contribution is -2.32. The molecule has 0 atom stereocenters. The van der Waals surface area contributed by atoms with Crippen LogP contribution in [0.3, 0.4) is 0 Å². The van der Waals surface area contributed by atoms with Crippen molar-refractivity contribution < 1.29 is 4.79 Å². The summed E-state index contributed by atoms with van der Waals surface area (Å²) in [6.07, 6.45) is 1.73. The van der Waals surface area contributed by atoms with E-state index in [0.29, 0.717) is 5.56 Å². The Kier molecular flexibility index (Phi) is 4.91. The second-order valence-corrected chi connectivity index (χ2v) is 6.94. The van der Waals surface area contributed by atoms with Crippen LogP contribution >= 0.6 is 11.9 Å². The van der Waals surface area contributed by atoms with Gasteiger partial charge in [-0.3, -0.25) is 14.9 Å². The number of hydrogen-bond donors (Lipinski definition) is 2. The van der Waals surface area contributed by atoms with Crippen molar-refractivity contribution in [3.8, 4) is 11.1 Å². The molecular formula is C21H18N4OS. The van der Waals surface area contributed by atoms with Gasteiger partial charge in [0.15, 0.2) is 0 Å². The van der Waals surface area contributed by atoms with E-state index in [1.807, 2.05) is 73.8 Å². The molecule has 0 aliphatic heterocycles. The fourth-order valence-corrected chi connectivity index (χ4v) is 3.47. The van der Waals surface area contributed by atoms with E-state index >= 15 is 0 Å². The van der Waals surface area contributed by atoms with Gasteiger partial charge < -0.3 is 0 Å². The minimum Gasteiger partial charge on any atom is -0.277 e. The lowest BCUT2D eigenvalue weighted by Gasteiger charge is -2.10. The number of rotatable bonds is 5. The number of nitrogens with zero attached hydrogens (tertiary/aromatic N) is 2. The molecule has 0 aliphatic rings. The summed E-state index contributed by atoms with van der Waals surface area (Å²) in [4.78, 5) is 16.8. The summed E-state index contributed by atoms with van der Waals surface area (Å²) in [6, 6.07) is 23.8. The number of carbonyl (C=O) groups is 1. The molecule has 1 heterocycles. The van der Waals surface area contributed by atoms with Crippen molar-refractivity contribution in [1.82, 2.24) is 20.0 Å². The van der Waals surface area contributed by atoms with Gasteiger partial charge in [-0.25, -0.2) is 0 Å². The van der Waals surface area contributed by atoms with Crippen molar-refractivity contribution in [2.75, 3.05) is 0 Å². The highest BCUT2D eigenvalue weighted by atomic mass is 32.2. The molecule has 0 fully saturated rings. The largest absolute Gasteiger partial charge is 0.277 e. The average Bonchev–Trinajstić information content (AvgIpc) is 3.09. The number of nitrogens with one attached hydrogen (secondary N) is 2. The molecule has 4 aromatic rings. The van der Waals surface area contributed by atoms with Crippen LogP contribution in [-0.2, 0) is 7.05 Å². The molecule has 0 aliphatic carbocycles. The molecule has 0 unspecified atom stereocenters. The number of hydrogen-bond acceptors (Lipinski definition) is 4. The first-order chi connectivity index (χ1) is 13.2. The van der Waals surface area contributed by atoms with Crippen LogP contribution in [0.25, 0.3) is 22.0 Å². The van der Waals surface area contributed by atoms with Crippen molar-refractivity contribution in [2.24, 2.45) is 7.05 Å². The van der Waals surface area contributed by atoms with E-state index in [-0.39, 0.29) is 5.91 Å². The molecule has 27 heavy (non-hydrogen) atoms. The van der Waals surface area contributed by atoms with Gasteiger partial charge in [0, 0.05) is 17.3 Å².